The van der Waals surface area contributed by atoms with Crippen LogP contribution in [0.4, 0.5) is 4.79 Å². The lowest BCUT2D eigenvalue weighted by atomic mass is 9.95. The predicted octanol–water partition coefficient (Wildman–Crippen LogP) is 2.59. The minimum absolute atomic E-state index is 0.195. The fraction of sp³-hybridized carbons (Fsp3) is 0.938. The van der Waals surface area contributed by atoms with Crippen molar-refractivity contribution in [2.24, 2.45) is 0 Å². The number of carbonyl (C=O) groups excluding carboxylic acids is 1. The lowest BCUT2D eigenvalue weighted by Gasteiger charge is -2.38. The van der Waals surface area contributed by atoms with Crippen LogP contribution < -0.4 is 5.32 Å². The van der Waals surface area contributed by atoms with Crippen LogP contribution >= 0.6 is 0 Å². The zero-order valence-electron chi connectivity index (χ0n) is 12.6. The van der Waals surface area contributed by atoms with Gasteiger partial charge >= 0.3 is 6.03 Å². The SMILES string of the molecule is O=C(NC1CCCCC1)N1CCCC(N2CCCC2)C1. The van der Waals surface area contributed by atoms with Crippen LogP contribution in [-0.4, -0.2) is 54.1 Å². The Morgan fingerprint density at radius 2 is 1.60 bits per heavy atom. The molecule has 114 valence electrons. The maximum absolute atomic E-state index is 12.4. The van der Waals surface area contributed by atoms with Gasteiger partial charge in [0, 0.05) is 25.2 Å². The molecule has 3 rings (SSSR count). The lowest BCUT2D eigenvalue weighted by molar-refractivity contribution is 0.122. The number of nitrogens with one attached hydrogen (secondary N) is 1. The molecule has 1 N–H and O–H groups in total. The van der Waals surface area contributed by atoms with Gasteiger partial charge in [0.15, 0.2) is 0 Å². The van der Waals surface area contributed by atoms with Crippen LogP contribution in [-0.2, 0) is 0 Å². The molecule has 0 aromatic rings. The quantitative estimate of drug-likeness (QED) is 0.843. The predicted molar refractivity (Wildman–Crippen MR) is 80.8 cm³/mol. The average Bonchev–Trinajstić information content (AvgIpc) is 3.03. The minimum Gasteiger partial charge on any atom is -0.335 e. The van der Waals surface area contributed by atoms with Crippen molar-refractivity contribution in [3.8, 4) is 0 Å². The van der Waals surface area contributed by atoms with Crippen molar-refractivity contribution in [1.82, 2.24) is 15.1 Å². The maximum atomic E-state index is 12.4. The molecule has 3 aliphatic rings. The Kier molecular flexibility index (Phi) is 4.81. The average molecular weight is 279 g/mol. The number of urea groups is 1. The Balaban J connectivity index is 1.49. The molecule has 0 aromatic carbocycles. The highest BCUT2D eigenvalue weighted by Crippen LogP contribution is 2.21. The van der Waals surface area contributed by atoms with Crippen LogP contribution in [0, 0.1) is 0 Å². The summed E-state index contributed by atoms with van der Waals surface area (Å²) in [6, 6.07) is 1.24. The number of nitrogens with zero attached hydrogens (tertiary/aromatic N) is 2. The van der Waals surface area contributed by atoms with Gasteiger partial charge in [0.05, 0.1) is 0 Å². The van der Waals surface area contributed by atoms with Crippen molar-refractivity contribution in [3.05, 3.63) is 0 Å². The van der Waals surface area contributed by atoms with E-state index < -0.39 is 0 Å². The van der Waals surface area contributed by atoms with E-state index >= 15 is 0 Å². The summed E-state index contributed by atoms with van der Waals surface area (Å²) < 4.78 is 0. The zero-order valence-corrected chi connectivity index (χ0v) is 12.6. The molecule has 1 saturated carbocycles. The highest BCUT2D eigenvalue weighted by Gasteiger charge is 2.30. The lowest BCUT2D eigenvalue weighted by Crippen LogP contribution is -2.53. The number of hydrogen-bond acceptors (Lipinski definition) is 2. The molecule has 1 atom stereocenters. The Labute approximate surface area is 122 Å². The zero-order chi connectivity index (χ0) is 13.8. The molecule has 2 saturated heterocycles. The number of piperidine rings is 1. The summed E-state index contributed by atoms with van der Waals surface area (Å²) in [5.74, 6) is 0. The molecule has 2 amide bonds. The third kappa shape index (κ3) is 3.46. The molecule has 3 fully saturated rings. The summed E-state index contributed by atoms with van der Waals surface area (Å²) in [5, 5.41) is 3.27. The van der Waals surface area contributed by atoms with E-state index in [1.165, 1.54) is 70.9 Å². The van der Waals surface area contributed by atoms with Gasteiger partial charge in [0.1, 0.15) is 0 Å². The van der Waals surface area contributed by atoms with E-state index in [1.807, 2.05) is 0 Å². The van der Waals surface area contributed by atoms with E-state index in [1.54, 1.807) is 0 Å². The molecule has 0 bridgehead atoms. The number of likely N-dealkylation sites (tertiary alicyclic amines) is 2. The third-order valence-corrected chi connectivity index (χ3v) is 5.27. The molecule has 20 heavy (non-hydrogen) atoms. The van der Waals surface area contributed by atoms with Gasteiger partial charge in [-0.15, -0.1) is 0 Å². The van der Waals surface area contributed by atoms with E-state index in [4.69, 9.17) is 0 Å². The summed E-state index contributed by atoms with van der Waals surface area (Å²) in [5.41, 5.74) is 0. The van der Waals surface area contributed by atoms with Crippen LogP contribution in [0.5, 0.6) is 0 Å². The van der Waals surface area contributed by atoms with Crippen molar-refractivity contribution < 1.29 is 4.79 Å². The normalized spacial score (nSPS) is 29.6. The Bertz CT molecular complexity index is 322. The molecule has 4 heteroatoms. The summed E-state index contributed by atoms with van der Waals surface area (Å²) in [6.07, 6.45) is 11.4. The number of carbonyl (C=O) groups is 1. The number of hydrogen-bond donors (Lipinski definition) is 1. The van der Waals surface area contributed by atoms with Gasteiger partial charge in [0.2, 0.25) is 0 Å². The second-order valence-corrected chi connectivity index (χ2v) is 6.77. The molecule has 0 radical (unpaired) electrons. The topological polar surface area (TPSA) is 35.6 Å². The van der Waals surface area contributed by atoms with Gasteiger partial charge in [-0.05, 0) is 51.6 Å². The van der Waals surface area contributed by atoms with Crippen LogP contribution in [0.3, 0.4) is 0 Å². The molecule has 2 aliphatic heterocycles. The summed E-state index contributed by atoms with van der Waals surface area (Å²) in [7, 11) is 0. The van der Waals surface area contributed by atoms with Gasteiger partial charge < -0.3 is 10.2 Å². The number of amides is 2. The van der Waals surface area contributed by atoms with Crippen molar-refractivity contribution in [1.29, 1.82) is 0 Å². The molecule has 1 unspecified atom stereocenters. The highest BCUT2D eigenvalue weighted by atomic mass is 16.2. The van der Waals surface area contributed by atoms with Crippen LogP contribution in [0.1, 0.15) is 57.8 Å². The fourth-order valence-corrected chi connectivity index (χ4v) is 4.06. The number of rotatable bonds is 2. The Morgan fingerprint density at radius 1 is 0.850 bits per heavy atom. The first kappa shape index (κ1) is 14.2. The van der Waals surface area contributed by atoms with Gasteiger partial charge in [-0.25, -0.2) is 4.79 Å². The van der Waals surface area contributed by atoms with E-state index in [-0.39, 0.29) is 6.03 Å². The third-order valence-electron chi connectivity index (χ3n) is 5.27. The molecule has 0 aromatic heterocycles. The molecule has 0 spiro atoms. The molecule has 2 heterocycles. The van der Waals surface area contributed by atoms with E-state index in [0.717, 1.165) is 13.1 Å². The smallest absolute Gasteiger partial charge is 0.317 e. The second kappa shape index (κ2) is 6.79. The molecular formula is C16H29N3O. The Hall–Kier alpha value is -0.770. The van der Waals surface area contributed by atoms with Crippen molar-refractivity contribution in [2.75, 3.05) is 26.2 Å². The van der Waals surface area contributed by atoms with E-state index in [2.05, 4.69) is 15.1 Å². The van der Waals surface area contributed by atoms with Gasteiger partial charge in [-0.2, -0.15) is 0 Å². The molecule has 1 aliphatic carbocycles. The Morgan fingerprint density at radius 3 is 2.35 bits per heavy atom. The van der Waals surface area contributed by atoms with Gasteiger partial charge in [0.25, 0.3) is 0 Å². The standard InChI is InChI=1S/C16H29N3O/c20-16(17-14-7-2-1-3-8-14)19-12-6-9-15(13-19)18-10-4-5-11-18/h14-15H,1-13H2,(H,17,20). The van der Waals surface area contributed by atoms with Crippen molar-refractivity contribution in [2.45, 2.75) is 69.9 Å². The summed E-state index contributed by atoms with van der Waals surface area (Å²) >= 11 is 0. The second-order valence-electron chi connectivity index (χ2n) is 6.77. The maximum Gasteiger partial charge on any atom is 0.317 e. The first-order valence-corrected chi connectivity index (χ1v) is 8.62. The first-order valence-electron chi connectivity index (χ1n) is 8.62. The van der Waals surface area contributed by atoms with Gasteiger partial charge in [-0.3, -0.25) is 4.90 Å². The van der Waals surface area contributed by atoms with Crippen molar-refractivity contribution in [3.63, 3.8) is 0 Å². The van der Waals surface area contributed by atoms with Crippen LogP contribution in [0.2, 0.25) is 0 Å². The highest BCUT2D eigenvalue weighted by molar-refractivity contribution is 5.74. The van der Waals surface area contributed by atoms with Crippen LogP contribution in [0.15, 0.2) is 0 Å². The van der Waals surface area contributed by atoms with Gasteiger partial charge in [-0.1, -0.05) is 19.3 Å². The van der Waals surface area contributed by atoms with E-state index in [0.29, 0.717) is 12.1 Å². The van der Waals surface area contributed by atoms with E-state index in [9.17, 15) is 4.79 Å². The fourth-order valence-electron chi connectivity index (χ4n) is 4.06. The molecule has 4 nitrogen and oxygen atoms in total. The van der Waals surface area contributed by atoms with Crippen molar-refractivity contribution >= 4 is 6.03 Å². The monoisotopic (exact) mass is 279 g/mol. The summed E-state index contributed by atoms with van der Waals surface area (Å²) in [6.45, 7) is 4.37. The summed E-state index contributed by atoms with van der Waals surface area (Å²) in [4.78, 5) is 17.1. The minimum atomic E-state index is 0.195. The molecular weight excluding hydrogens is 250 g/mol. The van der Waals surface area contributed by atoms with Crippen LogP contribution in [0.25, 0.3) is 0 Å². The first-order chi connectivity index (χ1) is 9.83. The largest absolute Gasteiger partial charge is 0.335 e.